The van der Waals surface area contributed by atoms with Gasteiger partial charge in [-0.15, -0.1) is 0 Å². The van der Waals surface area contributed by atoms with Gasteiger partial charge in [0.25, 0.3) is 0 Å². The van der Waals surface area contributed by atoms with Crippen molar-refractivity contribution in [3.05, 3.63) is 59.8 Å². The molecule has 4 heteroatoms. The first-order valence-corrected chi connectivity index (χ1v) is 11.8. The Morgan fingerprint density at radius 3 is 2.38 bits per heavy atom. The molecule has 1 aromatic carbocycles. The quantitative estimate of drug-likeness (QED) is 0.497. The number of aromatic hydroxyl groups is 2. The van der Waals surface area contributed by atoms with Crippen LogP contribution in [0.25, 0.3) is 0 Å². The van der Waals surface area contributed by atoms with Crippen LogP contribution in [0.5, 0.6) is 11.5 Å². The van der Waals surface area contributed by atoms with Crippen LogP contribution in [0, 0.1) is 0 Å². The lowest BCUT2D eigenvalue weighted by Crippen LogP contribution is -2.43. The van der Waals surface area contributed by atoms with E-state index < -0.39 is 8.07 Å². The van der Waals surface area contributed by atoms with Crippen molar-refractivity contribution in [3.8, 4) is 11.5 Å². The molecule has 126 valence electrons. The molecular weight excluding hydrogens is 314 g/mol. The summed E-state index contributed by atoms with van der Waals surface area (Å²) in [6, 6.07) is 10.4. The van der Waals surface area contributed by atoms with Gasteiger partial charge in [-0.25, -0.2) is 0 Å². The zero-order valence-electron chi connectivity index (χ0n) is 14.5. The second-order valence-corrected chi connectivity index (χ2v) is 12.1. The molecule has 1 aromatic heterocycles. The summed E-state index contributed by atoms with van der Waals surface area (Å²) in [7, 11) is -1.62. The van der Waals surface area contributed by atoms with Gasteiger partial charge >= 0.3 is 0 Å². The molecule has 0 saturated carbocycles. The molecule has 1 aliphatic rings. The third-order valence-electron chi connectivity index (χ3n) is 5.14. The van der Waals surface area contributed by atoms with Gasteiger partial charge in [-0.2, -0.15) is 0 Å². The summed E-state index contributed by atoms with van der Waals surface area (Å²) in [4.78, 5) is 4.56. The van der Waals surface area contributed by atoms with Crippen molar-refractivity contribution >= 4 is 13.4 Å². The summed E-state index contributed by atoms with van der Waals surface area (Å²) in [6.45, 7) is 6.73. The highest BCUT2D eigenvalue weighted by Gasteiger charge is 2.30. The number of rotatable bonds is 4. The van der Waals surface area contributed by atoms with E-state index in [0.717, 1.165) is 23.6 Å². The number of benzene rings is 1. The predicted octanol–water partition coefficient (Wildman–Crippen LogP) is 4.26. The minimum atomic E-state index is -1.62. The molecule has 0 spiro atoms. The van der Waals surface area contributed by atoms with Crippen molar-refractivity contribution in [3.63, 3.8) is 0 Å². The Kier molecular flexibility index (Phi) is 4.50. The molecule has 2 N–H and O–H groups in total. The number of phenolic OH excluding ortho intramolecular Hbond substituents is 2. The molecule has 0 saturated heterocycles. The van der Waals surface area contributed by atoms with Gasteiger partial charge < -0.3 is 10.2 Å². The number of hydrogen-bond acceptors (Lipinski definition) is 3. The van der Waals surface area contributed by atoms with E-state index in [1.165, 1.54) is 5.32 Å². The SMILES string of the molecule is C[C@H]1C=C[C@@H](CC[Si](C)(C)c2ccccn2)c2c(O)ccc(O)c21. The Hall–Kier alpha value is -2.07. The Morgan fingerprint density at radius 2 is 1.71 bits per heavy atom. The van der Waals surface area contributed by atoms with E-state index in [4.69, 9.17) is 0 Å². The van der Waals surface area contributed by atoms with E-state index in [1.54, 1.807) is 12.1 Å². The molecule has 2 aromatic rings. The zero-order chi connectivity index (χ0) is 17.3. The summed E-state index contributed by atoms with van der Waals surface area (Å²) in [5.41, 5.74) is 1.77. The maximum Gasteiger partial charge on any atom is 0.119 e. The summed E-state index contributed by atoms with van der Waals surface area (Å²) < 4.78 is 0. The van der Waals surface area contributed by atoms with Crippen LogP contribution in [0.3, 0.4) is 0 Å². The van der Waals surface area contributed by atoms with Crippen LogP contribution < -0.4 is 5.32 Å². The fourth-order valence-corrected chi connectivity index (χ4v) is 5.88. The first-order valence-electron chi connectivity index (χ1n) is 8.54. The Bertz CT molecular complexity index is 756. The van der Waals surface area contributed by atoms with E-state index in [0.29, 0.717) is 5.75 Å². The third-order valence-corrected chi connectivity index (χ3v) is 8.36. The number of pyridine rings is 1. The topological polar surface area (TPSA) is 53.4 Å². The minimum Gasteiger partial charge on any atom is -0.508 e. The average molecular weight is 340 g/mol. The summed E-state index contributed by atoms with van der Waals surface area (Å²) >= 11 is 0. The number of allylic oxidation sites excluding steroid dienone is 2. The normalized spacial score (nSPS) is 20.0. The van der Waals surface area contributed by atoms with Crippen LogP contribution in [0.15, 0.2) is 48.7 Å². The van der Waals surface area contributed by atoms with Crippen LogP contribution in [0.2, 0.25) is 19.1 Å². The Labute approximate surface area is 144 Å². The molecule has 3 nitrogen and oxygen atoms in total. The molecule has 0 bridgehead atoms. The zero-order valence-corrected chi connectivity index (χ0v) is 15.5. The van der Waals surface area contributed by atoms with Crippen LogP contribution in [-0.4, -0.2) is 23.3 Å². The van der Waals surface area contributed by atoms with Gasteiger partial charge in [0.15, 0.2) is 0 Å². The molecule has 3 rings (SSSR count). The van der Waals surface area contributed by atoms with Crippen LogP contribution in [0.4, 0.5) is 0 Å². The number of nitrogens with zero attached hydrogens (tertiary/aromatic N) is 1. The van der Waals surface area contributed by atoms with E-state index in [9.17, 15) is 10.2 Å². The van der Waals surface area contributed by atoms with Crippen LogP contribution in [-0.2, 0) is 0 Å². The van der Waals surface area contributed by atoms with Gasteiger partial charge in [0.05, 0.1) is 0 Å². The standard InChI is InChI=1S/C20H25NO2Si/c1-14-7-8-15(20-17(23)10-9-16(22)19(14)20)11-13-24(2,3)18-6-4-5-12-21-18/h4-10,12,14-15,22-23H,11,13H2,1-3H3/t14-,15-/m0/s1. The van der Waals surface area contributed by atoms with Gasteiger partial charge in [0.2, 0.25) is 0 Å². The van der Waals surface area contributed by atoms with E-state index in [1.807, 2.05) is 12.3 Å². The highest BCUT2D eigenvalue weighted by atomic mass is 28.3. The maximum atomic E-state index is 10.4. The number of hydrogen-bond donors (Lipinski definition) is 2. The first kappa shape index (κ1) is 16.8. The van der Waals surface area contributed by atoms with Crippen molar-refractivity contribution in [2.45, 2.75) is 44.3 Å². The molecule has 1 aliphatic carbocycles. The smallest absolute Gasteiger partial charge is 0.119 e. The lowest BCUT2D eigenvalue weighted by molar-refractivity contribution is 0.441. The average Bonchev–Trinajstić information content (AvgIpc) is 2.58. The fourth-order valence-electron chi connectivity index (χ4n) is 3.62. The molecule has 0 radical (unpaired) electrons. The van der Waals surface area contributed by atoms with Crippen LogP contribution >= 0.6 is 0 Å². The second kappa shape index (κ2) is 6.44. The molecule has 0 amide bonds. The highest BCUT2D eigenvalue weighted by Crippen LogP contribution is 2.45. The molecule has 2 atom stereocenters. The molecule has 1 heterocycles. The second-order valence-electron chi connectivity index (χ2n) is 7.35. The Morgan fingerprint density at radius 1 is 1.00 bits per heavy atom. The van der Waals surface area contributed by atoms with Gasteiger partial charge in [0, 0.05) is 34.5 Å². The van der Waals surface area contributed by atoms with Gasteiger partial charge in [-0.3, -0.25) is 4.98 Å². The van der Waals surface area contributed by atoms with Crippen molar-refractivity contribution < 1.29 is 10.2 Å². The monoisotopic (exact) mass is 339 g/mol. The highest BCUT2D eigenvalue weighted by molar-refractivity contribution is 6.89. The maximum absolute atomic E-state index is 10.4. The van der Waals surface area contributed by atoms with Crippen molar-refractivity contribution in [1.29, 1.82) is 0 Å². The number of phenols is 2. The minimum absolute atomic E-state index is 0.129. The van der Waals surface area contributed by atoms with Crippen molar-refractivity contribution in [2.24, 2.45) is 0 Å². The third kappa shape index (κ3) is 3.11. The van der Waals surface area contributed by atoms with E-state index in [2.05, 4.69) is 49.3 Å². The molecular formula is C20H25NO2Si. The first-order chi connectivity index (χ1) is 11.4. The lowest BCUT2D eigenvalue weighted by Gasteiger charge is -2.29. The van der Waals surface area contributed by atoms with E-state index >= 15 is 0 Å². The lowest BCUT2D eigenvalue weighted by atomic mass is 9.80. The number of fused-ring (bicyclic) bond motifs is 1. The molecule has 0 unspecified atom stereocenters. The molecule has 0 fully saturated rings. The fraction of sp³-hybridized carbons (Fsp3) is 0.350. The summed E-state index contributed by atoms with van der Waals surface area (Å²) in [5.74, 6) is 0.857. The molecule has 0 aliphatic heterocycles. The predicted molar refractivity (Wildman–Crippen MR) is 101 cm³/mol. The van der Waals surface area contributed by atoms with Gasteiger partial charge in [-0.1, -0.05) is 44.3 Å². The van der Waals surface area contributed by atoms with Crippen LogP contribution in [0.1, 0.15) is 36.3 Å². The Balaban J connectivity index is 1.85. The van der Waals surface area contributed by atoms with Gasteiger partial charge in [0.1, 0.15) is 19.6 Å². The number of aromatic nitrogens is 1. The van der Waals surface area contributed by atoms with E-state index in [-0.39, 0.29) is 17.6 Å². The van der Waals surface area contributed by atoms with Gasteiger partial charge in [-0.05, 0) is 30.7 Å². The largest absolute Gasteiger partial charge is 0.508 e. The van der Waals surface area contributed by atoms with Crippen molar-refractivity contribution in [1.82, 2.24) is 4.98 Å². The molecule has 24 heavy (non-hydrogen) atoms. The summed E-state index contributed by atoms with van der Waals surface area (Å²) in [6.07, 6.45) is 7.16. The van der Waals surface area contributed by atoms with Crippen molar-refractivity contribution in [2.75, 3.05) is 0 Å². The summed E-state index contributed by atoms with van der Waals surface area (Å²) in [5, 5.41) is 21.8.